The van der Waals surface area contributed by atoms with Crippen molar-refractivity contribution in [3.8, 4) is 0 Å². The summed E-state index contributed by atoms with van der Waals surface area (Å²) >= 11 is 5.82. The summed E-state index contributed by atoms with van der Waals surface area (Å²) in [5.74, 6) is -0.167. The molecular weight excluding hydrogens is 300 g/mol. The van der Waals surface area contributed by atoms with E-state index in [-0.39, 0.29) is 5.91 Å². The van der Waals surface area contributed by atoms with Gasteiger partial charge in [0.05, 0.1) is 18.4 Å². The van der Waals surface area contributed by atoms with E-state index in [2.05, 4.69) is 29.2 Å². The lowest BCUT2D eigenvalue weighted by Gasteiger charge is -2.17. The van der Waals surface area contributed by atoms with Crippen molar-refractivity contribution in [3.05, 3.63) is 47.2 Å². The highest BCUT2D eigenvalue weighted by atomic mass is 35.5. The second-order valence-corrected chi connectivity index (χ2v) is 5.42. The predicted octanol–water partition coefficient (Wildman–Crippen LogP) is 3.13. The molecule has 1 aromatic heterocycles. The van der Waals surface area contributed by atoms with E-state index in [0.717, 1.165) is 26.2 Å². The Hall–Kier alpha value is -1.85. The number of carbonyl (C=O) groups is 1. The van der Waals surface area contributed by atoms with Crippen LogP contribution in [0.25, 0.3) is 0 Å². The Morgan fingerprint density at radius 1 is 1.27 bits per heavy atom. The van der Waals surface area contributed by atoms with Gasteiger partial charge in [-0.15, -0.1) is 0 Å². The van der Waals surface area contributed by atoms with Crippen LogP contribution in [0, 0.1) is 0 Å². The number of amides is 1. The standard InChI is InChI=1S/C16H21ClN4O/c1-3-20(4-2)9-10-21-12-15(11-18-21)19-16(22)13-5-7-14(17)8-6-13/h5-8,11-12H,3-4,9-10H2,1-2H3,(H,19,22). The molecule has 1 aromatic carbocycles. The first-order chi connectivity index (χ1) is 10.6. The zero-order chi connectivity index (χ0) is 15.9. The van der Waals surface area contributed by atoms with E-state index >= 15 is 0 Å². The molecule has 0 aliphatic rings. The van der Waals surface area contributed by atoms with Crippen molar-refractivity contribution < 1.29 is 4.79 Å². The van der Waals surface area contributed by atoms with Gasteiger partial charge >= 0.3 is 0 Å². The fourth-order valence-electron chi connectivity index (χ4n) is 2.14. The van der Waals surface area contributed by atoms with E-state index in [0.29, 0.717) is 16.3 Å². The van der Waals surface area contributed by atoms with E-state index in [1.807, 2.05) is 10.9 Å². The Bertz CT molecular complexity index is 605. The summed E-state index contributed by atoms with van der Waals surface area (Å²) < 4.78 is 1.84. The number of carbonyl (C=O) groups excluding carboxylic acids is 1. The number of rotatable bonds is 7. The summed E-state index contributed by atoms with van der Waals surface area (Å²) in [6.45, 7) is 8.09. The highest BCUT2D eigenvalue weighted by molar-refractivity contribution is 6.30. The number of nitrogens with zero attached hydrogens (tertiary/aromatic N) is 3. The summed E-state index contributed by atoms with van der Waals surface area (Å²) in [6.07, 6.45) is 3.51. The Kier molecular flexibility index (Phi) is 5.98. The fourth-order valence-corrected chi connectivity index (χ4v) is 2.26. The average molecular weight is 321 g/mol. The molecule has 0 unspecified atom stereocenters. The van der Waals surface area contributed by atoms with Crippen molar-refractivity contribution in [2.24, 2.45) is 0 Å². The summed E-state index contributed by atoms with van der Waals surface area (Å²) in [5, 5.41) is 7.72. The number of anilines is 1. The third-order valence-electron chi connectivity index (χ3n) is 3.54. The first kappa shape index (κ1) is 16.5. The molecular formula is C16H21ClN4O. The summed E-state index contributed by atoms with van der Waals surface area (Å²) in [7, 11) is 0. The van der Waals surface area contributed by atoms with Crippen LogP contribution in [0.2, 0.25) is 5.02 Å². The molecule has 0 spiro atoms. The van der Waals surface area contributed by atoms with Crippen LogP contribution in [-0.2, 0) is 6.54 Å². The molecule has 1 N–H and O–H groups in total. The number of nitrogens with one attached hydrogen (secondary N) is 1. The van der Waals surface area contributed by atoms with Gasteiger partial charge in [0.25, 0.3) is 5.91 Å². The van der Waals surface area contributed by atoms with Crippen LogP contribution in [0.15, 0.2) is 36.7 Å². The summed E-state index contributed by atoms with van der Waals surface area (Å²) in [6, 6.07) is 6.79. The molecule has 2 rings (SSSR count). The molecule has 0 bridgehead atoms. The SMILES string of the molecule is CCN(CC)CCn1cc(NC(=O)c2ccc(Cl)cc2)cn1. The summed E-state index contributed by atoms with van der Waals surface area (Å²) in [4.78, 5) is 14.4. The van der Waals surface area contributed by atoms with Crippen molar-refractivity contribution in [1.82, 2.24) is 14.7 Å². The van der Waals surface area contributed by atoms with Gasteiger partial charge in [-0.25, -0.2) is 0 Å². The molecule has 0 aliphatic heterocycles. The molecule has 0 saturated heterocycles. The third-order valence-corrected chi connectivity index (χ3v) is 3.79. The van der Waals surface area contributed by atoms with Crippen LogP contribution >= 0.6 is 11.6 Å². The van der Waals surface area contributed by atoms with E-state index in [1.54, 1.807) is 30.5 Å². The van der Waals surface area contributed by atoms with Crippen LogP contribution < -0.4 is 5.32 Å². The first-order valence-corrected chi connectivity index (χ1v) is 7.82. The van der Waals surface area contributed by atoms with Crippen LogP contribution in [0.3, 0.4) is 0 Å². The quantitative estimate of drug-likeness (QED) is 0.852. The molecule has 1 amide bonds. The van der Waals surface area contributed by atoms with Gasteiger partial charge in [-0.3, -0.25) is 9.48 Å². The molecule has 2 aromatic rings. The van der Waals surface area contributed by atoms with Gasteiger partial charge in [-0.05, 0) is 37.4 Å². The molecule has 0 atom stereocenters. The maximum Gasteiger partial charge on any atom is 0.255 e. The summed E-state index contributed by atoms with van der Waals surface area (Å²) in [5.41, 5.74) is 1.26. The topological polar surface area (TPSA) is 50.2 Å². The second-order valence-electron chi connectivity index (χ2n) is 4.98. The van der Waals surface area contributed by atoms with Crippen molar-refractivity contribution in [3.63, 3.8) is 0 Å². The van der Waals surface area contributed by atoms with E-state index in [9.17, 15) is 4.79 Å². The van der Waals surface area contributed by atoms with Gasteiger partial charge in [-0.2, -0.15) is 5.10 Å². The minimum absolute atomic E-state index is 0.167. The maximum absolute atomic E-state index is 12.1. The Balaban J connectivity index is 1.91. The maximum atomic E-state index is 12.1. The van der Waals surface area contributed by atoms with Crippen molar-refractivity contribution >= 4 is 23.2 Å². The Labute approximate surface area is 135 Å². The van der Waals surface area contributed by atoms with Crippen LogP contribution in [-0.4, -0.2) is 40.2 Å². The predicted molar refractivity (Wildman–Crippen MR) is 89.4 cm³/mol. The minimum atomic E-state index is -0.167. The zero-order valence-corrected chi connectivity index (χ0v) is 13.7. The van der Waals surface area contributed by atoms with E-state index < -0.39 is 0 Å². The van der Waals surface area contributed by atoms with Crippen molar-refractivity contribution in [2.75, 3.05) is 25.0 Å². The molecule has 0 radical (unpaired) electrons. The van der Waals surface area contributed by atoms with Crippen molar-refractivity contribution in [2.45, 2.75) is 20.4 Å². The van der Waals surface area contributed by atoms with E-state index in [4.69, 9.17) is 11.6 Å². The lowest BCUT2D eigenvalue weighted by atomic mass is 10.2. The number of halogens is 1. The monoisotopic (exact) mass is 320 g/mol. The highest BCUT2D eigenvalue weighted by Gasteiger charge is 2.08. The Morgan fingerprint density at radius 2 is 1.95 bits per heavy atom. The third kappa shape index (κ3) is 4.58. The number of aromatic nitrogens is 2. The molecule has 118 valence electrons. The minimum Gasteiger partial charge on any atom is -0.319 e. The van der Waals surface area contributed by atoms with Gasteiger partial charge in [0, 0.05) is 23.3 Å². The number of hydrogen-bond donors (Lipinski definition) is 1. The normalized spacial score (nSPS) is 10.9. The van der Waals surface area contributed by atoms with Crippen LogP contribution in [0.4, 0.5) is 5.69 Å². The molecule has 5 nitrogen and oxygen atoms in total. The van der Waals surface area contributed by atoms with Gasteiger partial charge in [0.15, 0.2) is 0 Å². The second kappa shape index (κ2) is 7.96. The molecule has 1 heterocycles. The van der Waals surface area contributed by atoms with Crippen LogP contribution in [0.1, 0.15) is 24.2 Å². The number of benzene rings is 1. The average Bonchev–Trinajstić information content (AvgIpc) is 2.96. The smallest absolute Gasteiger partial charge is 0.255 e. The van der Waals surface area contributed by atoms with Gasteiger partial charge in [0.1, 0.15) is 0 Å². The molecule has 0 aliphatic carbocycles. The van der Waals surface area contributed by atoms with Gasteiger partial charge in [0.2, 0.25) is 0 Å². The van der Waals surface area contributed by atoms with Crippen molar-refractivity contribution in [1.29, 1.82) is 0 Å². The highest BCUT2D eigenvalue weighted by Crippen LogP contribution is 2.12. The van der Waals surface area contributed by atoms with E-state index in [1.165, 1.54) is 0 Å². The largest absolute Gasteiger partial charge is 0.319 e. The molecule has 0 saturated carbocycles. The van der Waals surface area contributed by atoms with Gasteiger partial charge in [-0.1, -0.05) is 25.4 Å². The molecule has 6 heteroatoms. The number of hydrogen-bond acceptors (Lipinski definition) is 3. The number of likely N-dealkylation sites (N-methyl/N-ethyl adjacent to an activating group) is 1. The first-order valence-electron chi connectivity index (χ1n) is 7.44. The van der Waals surface area contributed by atoms with Crippen LogP contribution in [0.5, 0.6) is 0 Å². The Morgan fingerprint density at radius 3 is 2.59 bits per heavy atom. The molecule has 22 heavy (non-hydrogen) atoms. The zero-order valence-electron chi connectivity index (χ0n) is 12.9. The fraction of sp³-hybridized carbons (Fsp3) is 0.375. The molecule has 0 fully saturated rings. The lowest BCUT2D eigenvalue weighted by Crippen LogP contribution is -2.27. The van der Waals surface area contributed by atoms with Gasteiger partial charge < -0.3 is 10.2 Å². The lowest BCUT2D eigenvalue weighted by molar-refractivity contribution is 0.102.